The number of halogens is 2. The Hall–Kier alpha value is -3.24. The molecule has 3 rings (SSSR count). The van der Waals surface area contributed by atoms with Crippen molar-refractivity contribution in [1.82, 2.24) is 10.2 Å². The maximum Gasteiger partial charge on any atom is 0.244 e. The van der Waals surface area contributed by atoms with Gasteiger partial charge in [-0.1, -0.05) is 71.4 Å². The fourth-order valence-corrected chi connectivity index (χ4v) is 5.36. The lowest BCUT2D eigenvalue weighted by Gasteiger charge is -2.34. The van der Waals surface area contributed by atoms with E-state index in [0.29, 0.717) is 6.42 Å². The van der Waals surface area contributed by atoms with E-state index in [0.717, 1.165) is 32.2 Å². The van der Waals surface area contributed by atoms with Gasteiger partial charge in [-0.3, -0.25) is 13.9 Å². The first-order chi connectivity index (χ1) is 18.5. The van der Waals surface area contributed by atoms with Gasteiger partial charge in [-0.15, -0.1) is 0 Å². The van der Waals surface area contributed by atoms with E-state index >= 15 is 0 Å². The normalized spacial score (nSPS) is 12.8. The highest BCUT2D eigenvalue weighted by Crippen LogP contribution is 2.22. The summed E-state index contributed by atoms with van der Waals surface area (Å²) in [6.45, 7) is 3.29. The van der Waals surface area contributed by atoms with Crippen LogP contribution in [0.2, 0.25) is 0 Å². The summed E-state index contributed by atoms with van der Waals surface area (Å²) < 4.78 is 41.1. The molecule has 0 fully saturated rings. The molecule has 1 N–H and O–H groups in total. The van der Waals surface area contributed by atoms with Crippen LogP contribution in [0, 0.1) is 5.82 Å². The minimum atomic E-state index is -3.96. The predicted molar refractivity (Wildman–Crippen MR) is 155 cm³/mol. The fourth-order valence-electron chi connectivity index (χ4n) is 4.07. The van der Waals surface area contributed by atoms with Gasteiger partial charge in [0.25, 0.3) is 0 Å². The van der Waals surface area contributed by atoms with Crippen molar-refractivity contribution >= 4 is 43.5 Å². The molecule has 7 nitrogen and oxygen atoms in total. The molecule has 3 aromatic rings. The van der Waals surface area contributed by atoms with Gasteiger partial charge >= 0.3 is 0 Å². The van der Waals surface area contributed by atoms with Gasteiger partial charge in [0.15, 0.2) is 0 Å². The predicted octanol–water partition coefficient (Wildman–Crippen LogP) is 4.91. The van der Waals surface area contributed by atoms with E-state index in [1.165, 1.54) is 23.1 Å². The lowest BCUT2D eigenvalue weighted by Crippen LogP contribution is -2.54. The zero-order chi connectivity index (χ0) is 28.6. The zero-order valence-electron chi connectivity index (χ0n) is 22.2. The highest BCUT2D eigenvalue weighted by molar-refractivity contribution is 9.10. The molecule has 0 aliphatic carbocycles. The molecule has 0 bridgehead atoms. The smallest absolute Gasteiger partial charge is 0.244 e. The fraction of sp³-hybridized carbons (Fsp3) is 0.310. The average molecular weight is 619 g/mol. The number of nitrogens with zero attached hydrogens (tertiary/aromatic N) is 2. The van der Waals surface area contributed by atoms with Gasteiger partial charge in [0, 0.05) is 23.5 Å². The maximum atomic E-state index is 14.0. The number of amides is 2. The summed E-state index contributed by atoms with van der Waals surface area (Å²) in [4.78, 5) is 29.0. The Labute approximate surface area is 238 Å². The van der Waals surface area contributed by atoms with Gasteiger partial charge < -0.3 is 10.2 Å². The molecule has 10 heteroatoms. The topological polar surface area (TPSA) is 86.8 Å². The van der Waals surface area contributed by atoms with Gasteiger partial charge in [-0.05, 0) is 54.8 Å². The second-order valence-electron chi connectivity index (χ2n) is 9.42. The van der Waals surface area contributed by atoms with Crippen LogP contribution in [-0.4, -0.2) is 50.0 Å². The standard InChI is InChI=1S/C29H33BrFN3O4S/c1-4-21(2)32-29(36)27(17-22-10-6-5-7-11-22)33(19-23-12-8-13-24(30)16-23)28(35)20-34(39(3,37)38)26-15-9-14-25(31)18-26/h5-16,18,21,27H,4,17,19-20H2,1-3H3,(H,32,36)/t21-,27-/m0/s1. The Balaban J connectivity index is 2.06. The molecular formula is C29H33BrFN3O4S. The Morgan fingerprint density at radius 2 is 1.64 bits per heavy atom. The number of rotatable bonds is 12. The van der Waals surface area contributed by atoms with Crippen LogP contribution in [0.3, 0.4) is 0 Å². The van der Waals surface area contributed by atoms with E-state index in [4.69, 9.17) is 0 Å². The summed E-state index contributed by atoms with van der Waals surface area (Å²) in [6.07, 6.45) is 1.88. The first-order valence-corrected chi connectivity index (χ1v) is 15.2. The highest BCUT2D eigenvalue weighted by atomic mass is 79.9. The average Bonchev–Trinajstić information content (AvgIpc) is 2.89. The molecule has 0 heterocycles. The summed E-state index contributed by atoms with van der Waals surface area (Å²) >= 11 is 3.45. The first kappa shape index (κ1) is 30.3. The van der Waals surface area contributed by atoms with Crippen molar-refractivity contribution in [3.63, 3.8) is 0 Å². The van der Waals surface area contributed by atoms with E-state index in [-0.39, 0.29) is 30.6 Å². The van der Waals surface area contributed by atoms with Crippen molar-refractivity contribution in [1.29, 1.82) is 0 Å². The van der Waals surface area contributed by atoms with Crippen LogP contribution in [0.1, 0.15) is 31.4 Å². The van der Waals surface area contributed by atoms with Crippen LogP contribution >= 0.6 is 15.9 Å². The number of sulfonamides is 1. The van der Waals surface area contributed by atoms with E-state index in [1.54, 1.807) is 0 Å². The van der Waals surface area contributed by atoms with E-state index in [9.17, 15) is 22.4 Å². The molecule has 0 unspecified atom stereocenters. The largest absolute Gasteiger partial charge is 0.352 e. The molecule has 0 aliphatic rings. The summed E-state index contributed by atoms with van der Waals surface area (Å²) in [7, 11) is -3.96. The van der Waals surface area contributed by atoms with Crippen LogP contribution in [0.4, 0.5) is 10.1 Å². The molecular weight excluding hydrogens is 585 g/mol. The van der Waals surface area contributed by atoms with Gasteiger partial charge in [-0.2, -0.15) is 0 Å². The third-order valence-electron chi connectivity index (χ3n) is 6.29. The second kappa shape index (κ2) is 13.7. The Morgan fingerprint density at radius 3 is 2.26 bits per heavy atom. The van der Waals surface area contributed by atoms with Gasteiger partial charge in [-0.25, -0.2) is 12.8 Å². The Morgan fingerprint density at radius 1 is 0.974 bits per heavy atom. The number of hydrogen-bond donors (Lipinski definition) is 1. The summed E-state index contributed by atoms with van der Waals surface area (Å²) in [5.74, 6) is -1.56. The molecule has 39 heavy (non-hydrogen) atoms. The van der Waals surface area contributed by atoms with Crippen molar-refractivity contribution < 1.29 is 22.4 Å². The van der Waals surface area contributed by atoms with Crippen molar-refractivity contribution in [2.75, 3.05) is 17.1 Å². The number of nitrogens with one attached hydrogen (secondary N) is 1. The number of carbonyl (C=O) groups excluding carboxylic acids is 2. The number of anilines is 1. The third-order valence-corrected chi connectivity index (χ3v) is 7.92. The van der Waals surface area contributed by atoms with Crippen LogP contribution in [-0.2, 0) is 32.6 Å². The Bertz CT molecular complexity index is 1390. The monoisotopic (exact) mass is 617 g/mol. The van der Waals surface area contributed by atoms with Crippen LogP contribution in [0.15, 0.2) is 83.3 Å². The summed E-state index contributed by atoms with van der Waals surface area (Å²) in [5, 5.41) is 2.98. The molecule has 2 atom stereocenters. The maximum absolute atomic E-state index is 14.0. The number of hydrogen-bond acceptors (Lipinski definition) is 4. The van der Waals surface area contributed by atoms with E-state index < -0.39 is 34.3 Å². The Kier molecular flexibility index (Phi) is 10.7. The second-order valence-corrected chi connectivity index (χ2v) is 12.2. The number of benzene rings is 3. The minimum Gasteiger partial charge on any atom is -0.352 e. The first-order valence-electron chi connectivity index (χ1n) is 12.6. The van der Waals surface area contributed by atoms with Crippen molar-refractivity contribution in [2.24, 2.45) is 0 Å². The molecule has 0 saturated heterocycles. The van der Waals surface area contributed by atoms with Crippen molar-refractivity contribution in [3.05, 3.63) is 100 Å². The highest BCUT2D eigenvalue weighted by Gasteiger charge is 2.33. The van der Waals surface area contributed by atoms with E-state index in [1.807, 2.05) is 68.4 Å². The quantitative estimate of drug-likeness (QED) is 0.313. The molecule has 3 aromatic carbocycles. The van der Waals surface area contributed by atoms with Crippen molar-refractivity contribution in [3.8, 4) is 0 Å². The van der Waals surface area contributed by atoms with Crippen LogP contribution < -0.4 is 9.62 Å². The molecule has 0 spiro atoms. The lowest BCUT2D eigenvalue weighted by molar-refractivity contribution is -0.140. The minimum absolute atomic E-state index is 0.0249. The van der Waals surface area contributed by atoms with Crippen LogP contribution in [0.25, 0.3) is 0 Å². The summed E-state index contributed by atoms with van der Waals surface area (Å²) in [6, 6.07) is 20.7. The molecule has 0 aromatic heterocycles. The molecule has 208 valence electrons. The van der Waals surface area contributed by atoms with E-state index in [2.05, 4.69) is 21.2 Å². The zero-order valence-corrected chi connectivity index (χ0v) is 24.6. The molecule has 0 radical (unpaired) electrons. The van der Waals surface area contributed by atoms with Gasteiger partial charge in [0.2, 0.25) is 21.8 Å². The molecule has 0 aliphatic heterocycles. The lowest BCUT2D eigenvalue weighted by atomic mass is 10.0. The summed E-state index contributed by atoms with van der Waals surface area (Å²) in [5.41, 5.74) is 1.62. The van der Waals surface area contributed by atoms with Crippen LogP contribution in [0.5, 0.6) is 0 Å². The van der Waals surface area contributed by atoms with Crippen molar-refractivity contribution in [2.45, 2.75) is 45.3 Å². The third kappa shape index (κ3) is 8.90. The van der Waals surface area contributed by atoms with Gasteiger partial charge in [0.1, 0.15) is 18.4 Å². The SMILES string of the molecule is CC[C@H](C)NC(=O)[C@H](Cc1ccccc1)N(Cc1cccc(Br)c1)C(=O)CN(c1cccc(F)c1)S(C)(=O)=O. The molecule has 2 amide bonds. The molecule has 0 saturated carbocycles. The van der Waals surface area contributed by atoms with Gasteiger partial charge in [0.05, 0.1) is 11.9 Å². The number of carbonyl (C=O) groups is 2.